The first kappa shape index (κ1) is 6.47. The number of rotatable bonds is 0. The fourth-order valence-electron chi connectivity index (χ4n) is 2.56. The fourth-order valence-corrected chi connectivity index (χ4v) is 2.56. The lowest BCUT2D eigenvalue weighted by Gasteiger charge is -2.40. The van der Waals surface area contributed by atoms with Crippen LogP contribution < -0.4 is 0 Å². The molecule has 2 aliphatic carbocycles. The molecule has 0 spiro atoms. The number of hydrogen-bond donors (Lipinski definition) is 0. The molecule has 0 saturated carbocycles. The molecule has 1 aromatic rings. The highest BCUT2D eigenvalue weighted by Gasteiger charge is 2.35. The average Bonchev–Trinajstić information content (AvgIpc) is 2.14. The van der Waals surface area contributed by atoms with E-state index >= 15 is 0 Å². The van der Waals surface area contributed by atoms with Gasteiger partial charge in [-0.3, -0.25) is 0 Å². The summed E-state index contributed by atoms with van der Waals surface area (Å²) in [6, 6.07) is 8.87. The smallest absolute Gasteiger partial charge is 0.00897 e. The van der Waals surface area contributed by atoms with Gasteiger partial charge in [0.1, 0.15) is 0 Å². The molecule has 1 aromatic carbocycles. The maximum absolute atomic E-state index is 2.39. The van der Waals surface area contributed by atoms with Crippen LogP contribution in [0.15, 0.2) is 36.4 Å². The largest absolute Gasteiger partial charge is 0.0879 e. The van der Waals surface area contributed by atoms with E-state index in [0.29, 0.717) is 0 Å². The molecule has 2 atom stereocenters. The van der Waals surface area contributed by atoms with E-state index in [1.165, 1.54) is 12.8 Å². The van der Waals surface area contributed by atoms with Crippen LogP contribution in [0.2, 0.25) is 0 Å². The van der Waals surface area contributed by atoms with Crippen molar-refractivity contribution >= 4 is 0 Å². The Hall–Kier alpha value is -1.04. The molecule has 3 rings (SSSR count). The summed E-state index contributed by atoms with van der Waals surface area (Å²) in [6.45, 7) is 0. The number of allylic oxidation sites excluding steroid dienone is 2. The van der Waals surface area contributed by atoms with Crippen molar-refractivity contribution in [3.05, 3.63) is 47.5 Å². The normalized spacial score (nSPS) is 30.3. The molecule has 60 valence electrons. The van der Waals surface area contributed by atoms with Gasteiger partial charge >= 0.3 is 0 Å². The van der Waals surface area contributed by atoms with Crippen LogP contribution in [-0.2, 0) is 0 Å². The highest BCUT2D eigenvalue weighted by atomic mass is 14.4. The minimum absolute atomic E-state index is 0.759. The summed E-state index contributed by atoms with van der Waals surface area (Å²) in [5.41, 5.74) is 3.17. The summed E-state index contributed by atoms with van der Waals surface area (Å²) < 4.78 is 0. The van der Waals surface area contributed by atoms with Crippen LogP contribution >= 0.6 is 0 Å². The van der Waals surface area contributed by atoms with E-state index in [9.17, 15) is 0 Å². The Balaban J connectivity index is 2.11. The third-order valence-electron chi connectivity index (χ3n) is 3.18. The van der Waals surface area contributed by atoms with Crippen molar-refractivity contribution < 1.29 is 0 Å². The highest BCUT2D eigenvalue weighted by molar-refractivity contribution is 5.48. The van der Waals surface area contributed by atoms with Gasteiger partial charge in [0.05, 0.1) is 0 Å². The molecule has 0 heteroatoms. The van der Waals surface area contributed by atoms with Crippen molar-refractivity contribution in [3.63, 3.8) is 0 Å². The Bertz CT molecular complexity index is 336. The minimum atomic E-state index is 0.759. The van der Waals surface area contributed by atoms with Gasteiger partial charge in [-0.1, -0.05) is 36.4 Å². The Morgan fingerprint density at radius 2 is 1.92 bits per heavy atom. The summed E-state index contributed by atoms with van der Waals surface area (Å²) in [7, 11) is 0. The Kier molecular flexibility index (Phi) is 1.20. The first-order chi connectivity index (χ1) is 5.97. The maximum Gasteiger partial charge on any atom is 0.00897 e. The third-order valence-corrected chi connectivity index (χ3v) is 3.18. The predicted molar refractivity (Wildman–Crippen MR) is 50.3 cm³/mol. The molecule has 0 nitrogen and oxygen atoms in total. The topological polar surface area (TPSA) is 0 Å². The van der Waals surface area contributed by atoms with Gasteiger partial charge in [0, 0.05) is 5.92 Å². The molecule has 0 radical (unpaired) electrons. The van der Waals surface area contributed by atoms with Crippen molar-refractivity contribution in [2.75, 3.05) is 0 Å². The number of benzene rings is 1. The van der Waals surface area contributed by atoms with E-state index in [2.05, 4.69) is 36.4 Å². The van der Waals surface area contributed by atoms with Crippen molar-refractivity contribution in [1.82, 2.24) is 0 Å². The van der Waals surface area contributed by atoms with Gasteiger partial charge in [-0.2, -0.15) is 0 Å². The molecule has 0 aromatic heterocycles. The van der Waals surface area contributed by atoms with Gasteiger partial charge in [0.2, 0.25) is 0 Å². The van der Waals surface area contributed by atoms with E-state index in [1.807, 2.05) is 0 Å². The van der Waals surface area contributed by atoms with Crippen LogP contribution in [0.3, 0.4) is 0 Å². The molecule has 12 heavy (non-hydrogen) atoms. The Morgan fingerprint density at radius 3 is 2.83 bits per heavy atom. The zero-order valence-corrected chi connectivity index (χ0v) is 7.03. The fraction of sp³-hybridized carbons (Fsp3) is 0.333. The summed E-state index contributed by atoms with van der Waals surface area (Å²) in [4.78, 5) is 0. The molecule has 0 heterocycles. The summed E-state index contributed by atoms with van der Waals surface area (Å²) in [6.07, 6.45) is 7.35. The minimum Gasteiger partial charge on any atom is -0.0879 e. The number of fused-ring (bicyclic) bond motifs is 4. The first-order valence-corrected chi connectivity index (χ1v) is 4.72. The molecular formula is C12H12. The van der Waals surface area contributed by atoms with Gasteiger partial charge in [-0.05, 0) is 29.9 Å². The first-order valence-electron chi connectivity index (χ1n) is 4.72. The lowest BCUT2D eigenvalue weighted by molar-refractivity contribution is 0.489. The number of hydrogen-bond acceptors (Lipinski definition) is 0. The van der Waals surface area contributed by atoms with Crippen molar-refractivity contribution in [3.8, 4) is 0 Å². The lowest BCUT2D eigenvalue weighted by atomic mass is 9.64. The van der Waals surface area contributed by atoms with Gasteiger partial charge in [0.25, 0.3) is 0 Å². The Morgan fingerprint density at radius 1 is 1.08 bits per heavy atom. The summed E-state index contributed by atoms with van der Waals surface area (Å²) >= 11 is 0. The van der Waals surface area contributed by atoms with Crippen LogP contribution in [-0.4, -0.2) is 0 Å². The highest BCUT2D eigenvalue weighted by Crippen LogP contribution is 2.51. The quantitative estimate of drug-likeness (QED) is 0.506. The SMILES string of the molecule is C1=CC2c3ccccc3C2CC1. The van der Waals surface area contributed by atoms with E-state index in [4.69, 9.17) is 0 Å². The van der Waals surface area contributed by atoms with E-state index in [0.717, 1.165) is 11.8 Å². The van der Waals surface area contributed by atoms with Crippen molar-refractivity contribution in [2.24, 2.45) is 0 Å². The predicted octanol–water partition coefficient (Wildman–Crippen LogP) is 3.22. The maximum atomic E-state index is 2.39. The van der Waals surface area contributed by atoms with Crippen LogP contribution in [0.4, 0.5) is 0 Å². The monoisotopic (exact) mass is 156 g/mol. The molecule has 0 aliphatic heterocycles. The molecule has 0 N–H and O–H groups in total. The van der Waals surface area contributed by atoms with Crippen LogP contribution in [0.1, 0.15) is 35.8 Å². The lowest BCUT2D eigenvalue weighted by Crippen LogP contribution is -2.24. The van der Waals surface area contributed by atoms with E-state index < -0.39 is 0 Å². The van der Waals surface area contributed by atoms with Gasteiger partial charge in [0.15, 0.2) is 0 Å². The second-order valence-electron chi connectivity index (χ2n) is 3.77. The van der Waals surface area contributed by atoms with Gasteiger partial charge in [-0.25, -0.2) is 0 Å². The average molecular weight is 156 g/mol. The zero-order valence-electron chi connectivity index (χ0n) is 7.03. The van der Waals surface area contributed by atoms with E-state index in [1.54, 1.807) is 11.1 Å². The standard InChI is InChI=1S/C12H12/c1-2-6-10-9(5-1)11-7-3-4-8-12(10)11/h1-3,5-7,11-12H,4,8H2. The van der Waals surface area contributed by atoms with Gasteiger partial charge < -0.3 is 0 Å². The molecule has 0 amide bonds. The van der Waals surface area contributed by atoms with Crippen LogP contribution in [0.5, 0.6) is 0 Å². The third kappa shape index (κ3) is 0.677. The van der Waals surface area contributed by atoms with Crippen molar-refractivity contribution in [2.45, 2.75) is 24.7 Å². The summed E-state index contributed by atoms with van der Waals surface area (Å²) in [5.74, 6) is 1.61. The molecule has 0 fully saturated rings. The molecule has 2 unspecified atom stereocenters. The Labute approximate surface area is 72.9 Å². The molecule has 0 saturated heterocycles. The second-order valence-corrected chi connectivity index (χ2v) is 3.77. The molecular weight excluding hydrogens is 144 g/mol. The molecule has 0 bridgehead atoms. The summed E-state index contributed by atoms with van der Waals surface area (Å²) in [5, 5.41) is 0. The zero-order chi connectivity index (χ0) is 7.97. The van der Waals surface area contributed by atoms with Gasteiger partial charge in [-0.15, -0.1) is 0 Å². The second kappa shape index (κ2) is 2.22. The van der Waals surface area contributed by atoms with Crippen LogP contribution in [0.25, 0.3) is 0 Å². The molecule has 2 aliphatic rings. The van der Waals surface area contributed by atoms with Crippen molar-refractivity contribution in [1.29, 1.82) is 0 Å². The van der Waals surface area contributed by atoms with E-state index in [-0.39, 0.29) is 0 Å². The van der Waals surface area contributed by atoms with Crippen LogP contribution in [0, 0.1) is 0 Å².